The zero-order valence-corrected chi connectivity index (χ0v) is 8.38. The zero-order valence-electron chi connectivity index (χ0n) is 8.38. The molecule has 0 unspecified atom stereocenters. The highest BCUT2D eigenvalue weighted by atomic mass is 16.4. The molecule has 1 N–H and O–H groups in total. The third-order valence-electron chi connectivity index (χ3n) is 1.81. The van der Waals surface area contributed by atoms with E-state index in [1.807, 2.05) is 0 Å². The van der Waals surface area contributed by atoms with E-state index in [4.69, 9.17) is 9.62 Å². The fourth-order valence-corrected chi connectivity index (χ4v) is 1.07. The highest BCUT2D eigenvalue weighted by Crippen LogP contribution is 2.04. The smallest absolute Gasteiger partial charge is 0.279 e. The van der Waals surface area contributed by atoms with Crippen LogP contribution in [0.15, 0.2) is 40.6 Å². The van der Waals surface area contributed by atoms with Gasteiger partial charge in [0.15, 0.2) is 5.76 Å². The maximum Gasteiger partial charge on any atom is 0.279 e. The molecule has 0 saturated carbocycles. The molecule has 1 aromatic heterocycles. The number of carbonyl (C=O) groups excluding carboxylic acids is 1. The van der Waals surface area contributed by atoms with Crippen molar-refractivity contribution < 1.29 is 14.4 Å². The minimum Gasteiger partial charge on any atom is -0.462 e. The van der Waals surface area contributed by atoms with Crippen LogP contribution in [0.25, 0.3) is 0 Å². The second-order valence-corrected chi connectivity index (χ2v) is 2.90. The lowest BCUT2D eigenvalue weighted by molar-refractivity contribution is -0.122. The van der Waals surface area contributed by atoms with E-state index in [9.17, 15) is 4.79 Å². The Labute approximate surface area is 87.3 Å². The monoisotopic (exact) mass is 208 g/mol. The zero-order chi connectivity index (χ0) is 11.3. The Morgan fingerprint density at radius 2 is 2.53 bits per heavy atom. The third-order valence-corrected chi connectivity index (χ3v) is 1.81. The first-order valence-corrected chi connectivity index (χ1v) is 4.33. The second-order valence-electron chi connectivity index (χ2n) is 2.90. The topological polar surface area (TPSA) is 66.0 Å². The fourth-order valence-electron chi connectivity index (χ4n) is 1.07. The molecule has 0 aliphatic heterocycles. The van der Waals surface area contributed by atoms with Gasteiger partial charge >= 0.3 is 0 Å². The van der Waals surface area contributed by atoms with E-state index in [0.717, 1.165) is 0 Å². The van der Waals surface area contributed by atoms with Crippen molar-refractivity contribution >= 4 is 11.6 Å². The summed E-state index contributed by atoms with van der Waals surface area (Å²) in [5, 5.41) is 11.7. The van der Waals surface area contributed by atoms with Crippen LogP contribution in [0.5, 0.6) is 0 Å². The molecule has 5 nitrogen and oxygen atoms in total. The summed E-state index contributed by atoms with van der Waals surface area (Å²) in [7, 11) is 1.58. The number of furan rings is 1. The van der Waals surface area contributed by atoms with E-state index in [1.54, 1.807) is 25.3 Å². The Morgan fingerprint density at radius 1 is 1.80 bits per heavy atom. The highest BCUT2D eigenvalue weighted by Gasteiger charge is 2.20. The number of oxime groups is 1. The lowest BCUT2D eigenvalue weighted by atomic mass is 10.2. The average Bonchev–Trinajstić information content (AvgIpc) is 2.72. The Balaban J connectivity index is 2.86. The quantitative estimate of drug-likeness (QED) is 0.349. The van der Waals surface area contributed by atoms with Gasteiger partial charge in [-0.2, -0.15) is 0 Å². The van der Waals surface area contributed by atoms with Gasteiger partial charge in [-0.1, -0.05) is 11.2 Å². The summed E-state index contributed by atoms with van der Waals surface area (Å²) in [5.74, 6) is -0.189. The van der Waals surface area contributed by atoms with E-state index < -0.39 is 5.91 Å². The summed E-state index contributed by atoms with van der Waals surface area (Å²) in [6.45, 7) is 3.88. The number of hydrogen-bond acceptors (Lipinski definition) is 4. The molecule has 1 rings (SSSR count). The molecule has 15 heavy (non-hydrogen) atoms. The van der Waals surface area contributed by atoms with Crippen molar-refractivity contribution in [2.45, 2.75) is 0 Å². The molecule has 0 saturated heterocycles. The molecule has 0 spiro atoms. The van der Waals surface area contributed by atoms with Gasteiger partial charge in [0.1, 0.15) is 0 Å². The van der Waals surface area contributed by atoms with Gasteiger partial charge < -0.3 is 14.5 Å². The largest absolute Gasteiger partial charge is 0.462 e. The van der Waals surface area contributed by atoms with Gasteiger partial charge in [0, 0.05) is 13.6 Å². The standard InChI is InChI=1S/C10H12N2O3/c1-3-6-12(2)10(13)9(11-14)8-5-4-7-15-8/h3-5,7,14H,1,6H2,2H3/b11-9+. The molecule has 0 aliphatic carbocycles. The number of amides is 1. The number of carbonyl (C=O) groups is 1. The summed E-state index contributed by atoms with van der Waals surface area (Å²) in [4.78, 5) is 13.1. The Hall–Kier alpha value is -2.04. The second kappa shape index (κ2) is 4.99. The predicted molar refractivity (Wildman–Crippen MR) is 54.9 cm³/mol. The number of rotatable bonds is 4. The highest BCUT2D eigenvalue weighted by molar-refractivity contribution is 6.44. The molecular formula is C10H12N2O3. The van der Waals surface area contributed by atoms with Crippen LogP contribution in [0.4, 0.5) is 0 Å². The summed E-state index contributed by atoms with van der Waals surface area (Å²) in [6, 6.07) is 3.16. The van der Waals surface area contributed by atoms with Crippen molar-refractivity contribution in [3.8, 4) is 0 Å². The van der Waals surface area contributed by atoms with Crippen molar-refractivity contribution in [1.82, 2.24) is 4.90 Å². The van der Waals surface area contributed by atoms with Crippen LogP contribution in [0.1, 0.15) is 5.76 Å². The molecular weight excluding hydrogens is 196 g/mol. The lowest BCUT2D eigenvalue weighted by Crippen LogP contribution is -2.33. The summed E-state index contributed by atoms with van der Waals surface area (Å²) >= 11 is 0. The maximum atomic E-state index is 11.7. The first-order valence-electron chi connectivity index (χ1n) is 4.33. The Bertz CT molecular complexity index is 368. The van der Waals surface area contributed by atoms with Crippen LogP contribution in [0.3, 0.4) is 0 Å². The number of likely N-dealkylation sites (N-methyl/N-ethyl adjacent to an activating group) is 1. The van der Waals surface area contributed by atoms with Crippen molar-refractivity contribution in [3.05, 3.63) is 36.8 Å². The van der Waals surface area contributed by atoms with Gasteiger partial charge in [0.2, 0.25) is 5.71 Å². The average molecular weight is 208 g/mol. The minimum atomic E-state index is -0.424. The van der Waals surface area contributed by atoms with Crippen molar-refractivity contribution in [2.75, 3.05) is 13.6 Å². The van der Waals surface area contributed by atoms with Crippen molar-refractivity contribution in [1.29, 1.82) is 0 Å². The molecule has 5 heteroatoms. The Kier molecular flexibility index (Phi) is 3.68. The maximum absolute atomic E-state index is 11.7. The van der Waals surface area contributed by atoms with Crippen LogP contribution in [0, 0.1) is 0 Å². The molecule has 0 bridgehead atoms. The van der Waals surface area contributed by atoms with E-state index in [2.05, 4.69) is 11.7 Å². The molecule has 1 heterocycles. The van der Waals surface area contributed by atoms with Crippen LogP contribution in [0.2, 0.25) is 0 Å². The van der Waals surface area contributed by atoms with Gasteiger partial charge in [-0.05, 0) is 12.1 Å². The van der Waals surface area contributed by atoms with E-state index >= 15 is 0 Å². The summed E-state index contributed by atoms with van der Waals surface area (Å²) in [5.41, 5.74) is -0.121. The molecule has 80 valence electrons. The van der Waals surface area contributed by atoms with Gasteiger partial charge in [0.05, 0.1) is 6.26 Å². The molecule has 0 atom stereocenters. The van der Waals surface area contributed by atoms with Gasteiger partial charge in [-0.25, -0.2) is 0 Å². The third kappa shape index (κ3) is 2.46. The van der Waals surface area contributed by atoms with E-state index in [1.165, 1.54) is 11.2 Å². The minimum absolute atomic E-state index is 0.121. The van der Waals surface area contributed by atoms with Crippen LogP contribution < -0.4 is 0 Å². The van der Waals surface area contributed by atoms with Crippen molar-refractivity contribution in [2.24, 2.45) is 5.16 Å². The predicted octanol–water partition coefficient (Wildman–Crippen LogP) is 1.10. The summed E-state index contributed by atoms with van der Waals surface area (Å²) < 4.78 is 4.97. The number of nitrogens with zero attached hydrogens (tertiary/aromatic N) is 2. The van der Waals surface area contributed by atoms with Crippen molar-refractivity contribution in [3.63, 3.8) is 0 Å². The molecule has 0 aliphatic rings. The van der Waals surface area contributed by atoms with E-state index in [0.29, 0.717) is 6.54 Å². The van der Waals surface area contributed by atoms with Crippen LogP contribution in [-0.4, -0.2) is 35.3 Å². The molecule has 0 radical (unpaired) electrons. The molecule has 0 fully saturated rings. The molecule has 1 aromatic rings. The molecule has 1 amide bonds. The van der Waals surface area contributed by atoms with Gasteiger partial charge in [-0.15, -0.1) is 6.58 Å². The van der Waals surface area contributed by atoms with Gasteiger partial charge in [-0.3, -0.25) is 4.79 Å². The normalized spacial score (nSPS) is 11.1. The first-order chi connectivity index (χ1) is 7.20. The van der Waals surface area contributed by atoms with Gasteiger partial charge in [0.25, 0.3) is 5.91 Å². The Morgan fingerprint density at radius 3 is 3.00 bits per heavy atom. The van der Waals surface area contributed by atoms with Crippen LogP contribution >= 0.6 is 0 Å². The lowest BCUT2D eigenvalue weighted by Gasteiger charge is -2.13. The first kappa shape index (κ1) is 11.0. The fraction of sp³-hybridized carbons (Fsp3) is 0.200. The summed E-state index contributed by atoms with van der Waals surface area (Å²) in [6.07, 6.45) is 2.98. The SMILES string of the molecule is C=CCN(C)C(=O)/C(=N/O)c1ccco1. The van der Waals surface area contributed by atoms with Crippen LogP contribution in [-0.2, 0) is 4.79 Å². The van der Waals surface area contributed by atoms with E-state index in [-0.39, 0.29) is 11.5 Å². The number of hydrogen-bond donors (Lipinski definition) is 1. The molecule has 0 aromatic carbocycles.